The van der Waals surface area contributed by atoms with Crippen molar-refractivity contribution in [2.75, 3.05) is 13.1 Å². The molecule has 1 N–H and O–H groups in total. The summed E-state index contributed by atoms with van der Waals surface area (Å²) in [5, 5.41) is 19.8. The number of carbonyl (C=O) groups excluding carboxylic acids is 1. The number of halogens is 3. The van der Waals surface area contributed by atoms with Gasteiger partial charge in [-0.1, -0.05) is 35.3 Å². The van der Waals surface area contributed by atoms with Gasteiger partial charge in [0.15, 0.2) is 5.82 Å². The molecule has 2 bridgehead atoms. The van der Waals surface area contributed by atoms with Crippen molar-refractivity contribution < 1.29 is 13.9 Å². The number of nitriles is 1. The van der Waals surface area contributed by atoms with Crippen molar-refractivity contribution in [3.8, 4) is 23.1 Å². The number of hydrogen-bond donors (Lipinski definition) is 1. The van der Waals surface area contributed by atoms with E-state index in [1.165, 1.54) is 0 Å². The molecule has 3 aliphatic heterocycles. The van der Waals surface area contributed by atoms with Crippen LogP contribution in [0.4, 0.5) is 4.39 Å². The molecule has 0 unspecified atom stereocenters. The third kappa shape index (κ3) is 4.92. The molecular formula is C38H36Cl2FN7O2. The van der Waals surface area contributed by atoms with E-state index in [-0.39, 0.29) is 53.0 Å². The SMILES string of the molecule is Cc1nc2c(F)c(-c3cccc(Cl)c3Cl)c(CCC#N)cc2c2c1cc([C@H]1C[C@H](Oc3ccnn3C)CN1C(=O)C1CC1)n2[C@H]1[C@H]2CN[C@@H]1C2. The lowest BCUT2D eigenvalue weighted by Crippen LogP contribution is -2.41. The smallest absolute Gasteiger partial charge is 0.226 e. The fourth-order valence-corrected chi connectivity index (χ4v) is 9.11. The van der Waals surface area contributed by atoms with Crippen LogP contribution in [0.25, 0.3) is 32.9 Å². The number of nitrogens with one attached hydrogen (secondary N) is 1. The van der Waals surface area contributed by atoms with Crippen LogP contribution in [-0.2, 0) is 18.3 Å². The molecule has 5 aliphatic rings. The van der Waals surface area contributed by atoms with E-state index in [1.807, 2.05) is 31.0 Å². The van der Waals surface area contributed by atoms with Crippen molar-refractivity contribution in [3.05, 3.63) is 75.4 Å². The number of hydrogen-bond acceptors (Lipinski definition) is 6. The van der Waals surface area contributed by atoms with Gasteiger partial charge in [-0.2, -0.15) is 10.4 Å². The molecule has 50 heavy (non-hydrogen) atoms. The molecule has 9 nitrogen and oxygen atoms in total. The number of carbonyl (C=O) groups is 1. The molecule has 5 fully saturated rings. The zero-order chi connectivity index (χ0) is 34.4. The largest absolute Gasteiger partial charge is 0.473 e. The minimum atomic E-state index is -0.482. The van der Waals surface area contributed by atoms with Crippen LogP contribution >= 0.6 is 23.2 Å². The number of fused-ring (bicyclic) bond motifs is 4. The summed E-state index contributed by atoms with van der Waals surface area (Å²) in [5.74, 6) is 0.819. The van der Waals surface area contributed by atoms with Crippen molar-refractivity contribution in [3.63, 3.8) is 0 Å². The Morgan fingerprint density at radius 2 is 2.02 bits per heavy atom. The Balaban J connectivity index is 1.27. The lowest BCUT2D eigenvalue weighted by atomic mass is 9.79. The van der Waals surface area contributed by atoms with Crippen LogP contribution in [0.1, 0.15) is 61.1 Å². The standard InChI is InChI=1S/C38H36Cl2FN7O2/c1-19-25-16-30(29-15-23(50-31-10-12-44-46(31)2)18-47(29)38(49)20-8-9-20)48(36-22-14-28(36)43-17-22)37(25)26-13-21(5-4-11-42)32(34(41)35(26)45-19)24-6-3-7-27(39)33(24)40/h3,6-7,10,12-13,16,20,22-23,28-29,36,43H,4-5,8-9,14-15,17-18H2,1-2H3/t22-,23+,28-,29-,36+/m1/s1. The van der Waals surface area contributed by atoms with Gasteiger partial charge in [0.1, 0.15) is 11.6 Å². The van der Waals surface area contributed by atoms with E-state index in [4.69, 9.17) is 32.9 Å². The minimum absolute atomic E-state index is 0.0464. The van der Waals surface area contributed by atoms with Crippen molar-refractivity contribution in [1.82, 2.24) is 29.5 Å². The Hall–Kier alpha value is -4.17. The summed E-state index contributed by atoms with van der Waals surface area (Å²) in [6.07, 6.45) is 5.56. The average Bonchev–Trinajstić information content (AvgIpc) is 3.52. The first-order valence-electron chi connectivity index (χ1n) is 17.4. The van der Waals surface area contributed by atoms with E-state index < -0.39 is 5.82 Å². The number of ether oxygens (including phenoxy) is 1. The first-order valence-corrected chi connectivity index (χ1v) is 18.2. The second-order valence-electron chi connectivity index (χ2n) is 14.3. The summed E-state index contributed by atoms with van der Waals surface area (Å²) < 4.78 is 27.7. The number of rotatable bonds is 8. The number of benzene rings is 2. The fourth-order valence-electron chi connectivity index (χ4n) is 8.72. The van der Waals surface area contributed by atoms with Crippen molar-refractivity contribution >= 4 is 50.9 Å². The molecule has 3 aromatic heterocycles. The number of nitrogens with zero attached hydrogens (tertiary/aromatic N) is 6. The molecular weight excluding hydrogens is 676 g/mol. The first-order chi connectivity index (χ1) is 24.2. The van der Waals surface area contributed by atoms with Crippen LogP contribution < -0.4 is 10.1 Å². The highest BCUT2D eigenvalue weighted by Crippen LogP contribution is 2.51. The Kier molecular flexibility index (Phi) is 7.61. The van der Waals surface area contributed by atoms with Gasteiger partial charge < -0.3 is 19.5 Å². The maximum atomic E-state index is 17.1. The van der Waals surface area contributed by atoms with Crippen LogP contribution in [0.3, 0.4) is 0 Å². The van der Waals surface area contributed by atoms with Gasteiger partial charge in [-0.15, -0.1) is 0 Å². The molecule has 0 radical (unpaired) electrons. The highest BCUT2D eigenvalue weighted by atomic mass is 35.5. The van der Waals surface area contributed by atoms with Crippen LogP contribution in [0.15, 0.2) is 42.6 Å². The molecule has 2 aliphatic carbocycles. The summed E-state index contributed by atoms with van der Waals surface area (Å²) in [6, 6.07) is 13.7. The third-order valence-electron chi connectivity index (χ3n) is 11.3. The Bertz CT molecular complexity index is 2240. The molecule has 5 aromatic rings. The van der Waals surface area contributed by atoms with Crippen LogP contribution in [0.5, 0.6) is 5.88 Å². The lowest BCUT2D eigenvalue weighted by Gasteiger charge is -2.39. The van der Waals surface area contributed by atoms with Gasteiger partial charge in [-0.3, -0.25) is 4.79 Å². The van der Waals surface area contributed by atoms with Crippen LogP contribution in [-0.4, -0.2) is 55.4 Å². The second kappa shape index (κ2) is 12.0. The molecule has 6 heterocycles. The molecule has 5 atom stereocenters. The Morgan fingerprint density at radius 1 is 1.18 bits per heavy atom. The molecule has 0 spiro atoms. The zero-order valence-corrected chi connectivity index (χ0v) is 29.3. The van der Waals surface area contributed by atoms with Crippen LogP contribution in [0.2, 0.25) is 10.0 Å². The molecule has 1 amide bonds. The van der Waals surface area contributed by atoms with E-state index in [0.29, 0.717) is 64.0 Å². The van der Waals surface area contributed by atoms with E-state index in [9.17, 15) is 10.1 Å². The quantitative estimate of drug-likeness (QED) is 0.179. The average molecular weight is 713 g/mol. The van der Waals surface area contributed by atoms with Gasteiger partial charge in [-0.25, -0.2) is 14.1 Å². The zero-order valence-electron chi connectivity index (χ0n) is 27.8. The third-order valence-corrected chi connectivity index (χ3v) is 12.1. The van der Waals surface area contributed by atoms with E-state index in [2.05, 4.69) is 27.1 Å². The number of likely N-dealkylation sites (tertiary alicyclic amines) is 1. The number of amides is 1. The molecule has 12 heteroatoms. The highest BCUT2D eigenvalue weighted by Gasteiger charge is 2.51. The maximum absolute atomic E-state index is 17.1. The van der Waals surface area contributed by atoms with Gasteiger partial charge >= 0.3 is 0 Å². The van der Waals surface area contributed by atoms with E-state index >= 15 is 4.39 Å². The first kappa shape index (κ1) is 31.8. The lowest BCUT2D eigenvalue weighted by molar-refractivity contribution is -0.133. The molecule has 10 rings (SSSR count). The number of pyridine rings is 1. The van der Waals surface area contributed by atoms with Gasteiger partial charge in [0.05, 0.1) is 46.5 Å². The van der Waals surface area contributed by atoms with Crippen molar-refractivity contribution in [2.24, 2.45) is 18.9 Å². The summed E-state index contributed by atoms with van der Waals surface area (Å²) >= 11 is 13.1. The van der Waals surface area contributed by atoms with Crippen LogP contribution in [0, 0.1) is 35.9 Å². The Morgan fingerprint density at radius 3 is 2.72 bits per heavy atom. The van der Waals surface area contributed by atoms with Gasteiger partial charge in [-0.05, 0) is 62.3 Å². The maximum Gasteiger partial charge on any atom is 0.226 e. The predicted molar refractivity (Wildman–Crippen MR) is 190 cm³/mol. The summed E-state index contributed by atoms with van der Waals surface area (Å²) in [7, 11) is 1.85. The van der Waals surface area contributed by atoms with E-state index in [1.54, 1.807) is 29.1 Å². The monoisotopic (exact) mass is 711 g/mol. The summed E-state index contributed by atoms with van der Waals surface area (Å²) in [5.41, 5.74) is 4.38. The number of aromatic nitrogens is 4. The van der Waals surface area contributed by atoms with Crippen molar-refractivity contribution in [1.29, 1.82) is 5.26 Å². The summed E-state index contributed by atoms with van der Waals surface area (Å²) in [4.78, 5) is 20.9. The molecule has 2 aromatic carbocycles. The minimum Gasteiger partial charge on any atom is -0.473 e. The normalized spacial score (nSPS) is 24.2. The summed E-state index contributed by atoms with van der Waals surface area (Å²) in [6.45, 7) is 3.32. The topological polar surface area (TPSA) is 101 Å². The van der Waals surface area contributed by atoms with Gasteiger partial charge in [0.2, 0.25) is 11.8 Å². The van der Waals surface area contributed by atoms with Crippen molar-refractivity contribution in [2.45, 2.75) is 69.7 Å². The Labute approximate surface area is 298 Å². The van der Waals surface area contributed by atoms with Gasteiger partial charge in [0.25, 0.3) is 0 Å². The highest BCUT2D eigenvalue weighted by molar-refractivity contribution is 6.43. The molecule has 3 saturated heterocycles. The van der Waals surface area contributed by atoms with E-state index in [0.717, 1.165) is 42.4 Å². The molecule has 256 valence electrons. The fraction of sp³-hybridized carbons (Fsp3) is 0.421. The van der Waals surface area contributed by atoms with Gasteiger partial charge in [0, 0.05) is 77.7 Å². The molecule has 2 saturated carbocycles. The number of aryl methyl sites for hydroxylation is 3. The predicted octanol–water partition coefficient (Wildman–Crippen LogP) is 7.46. The second-order valence-corrected chi connectivity index (χ2v) is 15.1.